The second kappa shape index (κ2) is 11.9. The van der Waals surface area contributed by atoms with Gasteiger partial charge < -0.3 is 5.43 Å². The molecule has 4 aromatic rings. The van der Waals surface area contributed by atoms with Crippen LogP contribution in [-0.2, 0) is 0 Å². The summed E-state index contributed by atoms with van der Waals surface area (Å²) in [6.07, 6.45) is 4.04. The maximum Gasteiger partial charge on any atom is 0.232 e. The van der Waals surface area contributed by atoms with E-state index < -0.39 is 0 Å². The molecular formula is C30H27N5S. The minimum Gasteiger partial charge on any atom is -0.306 e. The van der Waals surface area contributed by atoms with Crippen LogP contribution in [0.1, 0.15) is 28.0 Å². The fourth-order valence-corrected chi connectivity index (χ4v) is 4.96. The molecular weight excluding hydrogens is 462 g/mol. The second-order valence-electron chi connectivity index (χ2n) is 8.16. The summed E-state index contributed by atoms with van der Waals surface area (Å²) in [5, 5.41) is 4.82. The molecule has 1 heterocycles. The van der Waals surface area contributed by atoms with E-state index in [1.54, 1.807) is 11.8 Å². The van der Waals surface area contributed by atoms with Crippen molar-refractivity contribution in [3.63, 3.8) is 0 Å². The summed E-state index contributed by atoms with van der Waals surface area (Å²) in [6, 6.07) is 41.0. The van der Waals surface area contributed by atoms with Crippen LogP contribution in [0.25, 0.3) is 0 Å². The molecule has 0 amide bonds. The van der Waals surface area contributed by atoms with E-state index in [-0.39, 0.29) is 11.3 Å². The van der Waals surface area contributed by atoms with E-state index in [0.717, 1.165) is 16.8 Å². The Balaban J connectivity index is 1.29. The van der Waals surface area contributed by atoms with Gasteiger partial charge in [0.1, 0.15) is 6.04 Å². The van der Waals surface area contributed by atoms with Crippen molar-refractivity contribution in [3.8, 4) is 0 Å². The van der Waals surface area contributed by atoms with Gasteiger partial charge in [0.2, 0.25) is 5.96 Å². The Morgan fingerprint density at radius 3 is 2.06 bits per heavy atom. The van der Waals surface area contributed by atoms with Crippen LogP contribution in [0.2, 0.25) is 0 Å². The van der Waals surface area contributed by atoms with Gasteiger partial charge in [-0.15, -0.1) is 11.8 Å². The highest BCUT2D eigenvalue weighted by Gasteiger charge is 2.23. The molecule has 1 aliphatic rings. The number of benzene rings is 4. The lowest BCUT2D eigenvalue weighted by Gasteiger charge is -2.23. The Morgan fingerprint density at radius 1 is 0.750 bits per heavy atom. The number of nitrogens with zero attached hydrogens (tertiary/aromatic N) is 2. The highest BCUT2D eigenvalue weighted by Crippen LogP contribution is 2.36. The first-order valence-electron chi connectivity index (χ1n) is 11.8. The van der Waals surface area contributed by atoms with Crippen molar-refractivity contribution < 1.29 is 0 Å². The molecule has 0 aliphatic carbocycles. The summed E-state index contributed by atoms with van der Waals surface area (Å²) in [5.41, 5.74) is 13.6. The number of rotatable bonds is 8. The monoisotopic (exact) mass is 489 g/mol. The van der Waals surface area contributed by atoms with Crippen LogP contribution < -0.4 is 16.3 Å². The normalized spacial score (nSPS) is 15.9. The lowest BCUT2D eigenvalue weighted by molar-refractivity contribution is 0.735. The molecule has 0 spiro atoms. The molecule has 1 aliphatic heterocycles. The zero-order valence-corrected chi connectivity index (χ0v) is 20.5. The molecule has 0 radical (unpaired) electrons. The fourth-order valence-electron chi connectivity index (χ4n) is 3.91. The molecule has 0 bridgehead atoms. The number of hydrogen-bond donors (Lipinski definition) is 3. The van der Waals surface area contributed by atoms with Gasteiger partial charge in [0.15, 0.2) is 0 Å². The molecule has 0 fully saturated rings. The van der Waals surface area contributed by atoms with Crippen molar-refractivity contribution in [1.29, 1.82) is 0 Å². The number of aliphatic imine (C=N–C) groups is 1. The van der Waals surface area contributed by atoms with Crippen LogP contribution in [0, 0.1) is 0 Å². The lowest BCUT2D eigenvalue weighted by Crippen LogP contribution is -2.44. The van der Waals surface area contributed by atoms with Gasteiger partial charge in [-0.25, -0.2) is 10.4 Å². The molecule has 0 aromatic heterocycles. The van der Waals surface area contributed by atoms with E-state index in [0.29, 0.717) is 5.96 Å². The van der Waals surface area contributed by atoms with E-state index in [1.807, 2.05) is 54.7 Å². The summed E-state index contributed by atoms with van der Waals surface area (Å²) in [6.45, 7) is 0. The molecule has 0 unspecified atom stereocenters. The Hall–Kier alpha value is -4.29. The number of hydrazine groups is 1. The number of guanidine groups is 1. The molecule has 5 rings (SSSR count). The predicted molar refractivity (Wildman–Crippen MR) is 150 cm³/mol. The summed E-state index contributed by atoms with van der Waals surface area (Å²) < 4.78 is 0. The van der Waals surface area contributed by atoms with E-state index in [9.17, 15) is 0 Å². The van der Waals surface area contributed by atoms with Gasteiger partial charge in [0.05, 0.1) is 11.0 Å². The molecule has 6 heteroatoms. The summed E-state index contributed by atoms with van der Waals surface area (Å²) in [7, 11) is 0. The standard InChI is InChI=1S/C30H27N5S/c1-5-13-23(14-6-1)27(36-26-19-11-4-12-20-26)21-22-31-34-30-32-28(24-15-7-2-8-16-24)29(33-35-30)25-17-9-3-10-18-25/h1-22,27-28,31H,(H2,32,34,35)/b22-21-/t27-,28+/m0/s1. The Bertz CT molecular complexity index is 1320. The fraction of sp³-hybridized carbons (Fsp3) is 0.0667. The largest absolute Gasteiger partial charge is 0.306 e. The van der Waals surface area contributed by atoms with E-state index >= 15 is 0 Å². The van der Waals surface area contributed by atoms with Crippen molar-refractivity contribution in [2.24, 2.45) is 10.1 Å². The molecule has 0 saturated carbocycles. The van der Waals surface area contributed by atoms with Crippen LogP contribution >= 0.6 is 11.8 Å². The van der Waals surface area contributed by atoms with E-state index in [4.69, 9.17) is 4.99 Å². The lowest BCUT2D eigenvalue weighted by atomic mass is 9.97. The second-order valence-corrected chi connectivity index (χ2v) is 9.37. The van der Waals surface area contributed by atoms with Crippen LogP contribution in [0.3, 0.4) is 0 Å². The summed E-state index contributed by atoms with van der Waals surface area (Å²) in [4.78, 5) is 6.13. The molecule has 5 nitrogen and oxygen atoms in total. The molecule has 36 heavy (non-hydrogen) atoms. The zero-order chi connectivity index (χ0) is 24.4. The third kappa shape index (κ3) is 6.03. The van der Waals surface area contributed by atoms with E-state index in [2.05, 4.69) is 100 Å². The van der Waals surface area contributed by atoms with Crippen LogP contribution in [-0.4, -0.2) is 11.7 Å². The van der Waals surface area contributed by atoms with Crippen LogP contribution in [0.4, 0.5) is 0 Å². The molecule has 2 atom stereocenters. The third-order valence-corrected chi connectivity index (χ3v) is 6.89. The SMILES string of the molecule is C(=C/[C@H](Sc1ccccc1)c1ccccc1)/NNC1=N[C@H](c2ccccc2)C(c2ccccc2)=NN1. The van der Waals surface area contributed by atoms with Gasteiger partial charge in [-0.05, 0) is 29.3 Å². The Kier molecular flexibility index (Phi) is 7.76. The smallest absolute Gasteiger partial charge is 0.232 e. The average Bonchev–Trinajstić information content (AvgIpc) is 2.96. The van der Waals surface area contributed by atoms with Crippen molar-refractivity contribution in [1.82, 2.24) is 16.3 Å². The highest BCUT2D eigenvalue weighted by atomic mass is 32.2. The van der Waals surface area contributed by atoms with Gasteiger partial charge in [0.25, 0.3) is 0 Å². The topological polar surface area (TPSA) is 60.8 Å². The quantitative estimate of drug-likeness (QED) is 0.203. The summed E-state index contributed by atoms with van der Waals surface area (Å²) in [5.74, 6) is 0.556. The number of hydrazone groups is 1. The molecule has 4 aromatic carbocycles. The summed E-state index contributed by atoms with van der Waals surface area (Å²) >= 11 is 1.80. The van der Waals surface area contributed by atoms with Gasteiger partial charge in [0, 0.05) is 16.7 Å². The average molecular weight is 490 g/mol. The zero-order valence-electron chi connectivity index (χ0n) is 19.7. The minimum absolute atomic E-state index is 0.156. The number of hydrogen-bond acceptors (Lipinski definition) is 6. The van der Waals surface area contributed by atoms with Gasteiger partial charge in [-0.2, -0.15) is 5.10 Å². The molecule has 178 valence electrons. The Morgan fingerprint density at radius 2 is 1.36 bits per heavy atom. The van der Waals surface area contributed by atoms with Gasteiger partial charge in [-0.1, -0.05) is 109 Å². The first-order valence-corrected chi connectivity index (χ1v) is 12.7. The van der Waals surface area contributed by atoms with Crippen molar-refractivity contribution >= 4 is 23.4 Å². The minimum atomic E-state index is -0.214. The van der Waals surface area contributed by atoms with Gasteiger partial charge >= 0.3 is 0 Å². The van der Waals surface area contributed by atoms with Crippen molar-refractivity contribution in [2.45, 2.75) is 16.2 Å². The highest BCUT2D eigenvalue weighted by molar-refractivity contribution is 7.99. The maximum atomic E-state index is 4.91. The van der Waals surface area contributed by atoms with Crippen LogP contribution in [0.15, 0.2) is 149 Å². The first-order chi connectivity index (χ1) is 17.9. The molecule has 3 N–H and O–H groups in total. The molecule has 0 saturated heterocycles. The van der Waals surface area contributed by atoms with E-state index in [1.165, 1.54) is 10.5 Å². The third-order valence-electron chi connectivity index (χ3n) is 5.66. The van der Waals surface area contributed by atoms with Gasteiger partial charge in [-0.3, -0.25) is 5.43 Å². The predicted octanol–water partition coefficient (Wildman–Crippen LogP) is 6.23. The Labute approximate surface area is 216 Å². The van der Waals surface area contributed by atoms with Crippen molar-refractivity contribution in [2.75, 3.05) is 0 Å². The number of thioether (sulfide) groups is 1. The maximum absolute atomic E-state index is 4.91. The van der Waals surface area contributed by atoms with Crippen LogP contribution in [0.5, 0.6) is 0 Å². The number of nitrogens with one attached hydrogen (secondary N) is 3. The first kappa shape index (κ1) is 23.5. The van der Waals surface area contributed by atoms with Crippen molar-refractivity contribution in [3.05, 3.63) is 150 Å².